The lowest BCUT2D eigenvalue weighted by Gasteiger charge is -2.46. The van der Waals surface area contributed by atoms with Crippen LogP contribution in [0.25, 0.3) is 0 Å². The standard InChI is InChI=1S/C30H50N2O7Si/c1-28(2,3)37-25(33)22-17-18-32(22)19-23(39-40(10,11)30(7,8)9)24(26(34)38-29(4,5)6)31-27(35)36-20-21-15-13-12-14-16-21/h12-16,22-24H,17-20H2,1-11H3,(H,31,35)/t22-,23?,24-/m0/s1. The number of alkyl carbamates (subject to hydrolysis) is 1. The van der Waals surface area contributed by atoms with Gasteiger partial charge in [-0.3, -0.25) is 9.69 Å². The summed E-state index contributed by atoms with van der Waals surface area (Å²) in [5, 5.41) is 2.57. The Bertz CT molecular complexity index is 1010. The Hall–Kier alpha value is -2.43. The average molecular weight is 579 g/mol. The van der Waals surface area contributed by atoms with Crippen molar-refractivity contribution >= 4 is 26.3 Å². The molecule has 1 heterocycles. The summed E-state index contributed by atoms with van der Waals surface area (Å²) in [5.74, 6) is -0.934. The largest absolute Gasteiger partial charge is 0.459 e. The number of benzene rings is 1. The van der Waals surface area contributed by atoms with Crippen LogP contribution in [0.3, 0.4) is 0 Å². The molecule has 1 aromatic rings. The lowest BCUT2D eigenvalue weighted by Crippen LogP contribution is -2.63. The van der Waals surface area contributed by atoms with Gasteiger partial charge in [-0.25, -0.2) is 9.59 Å². The summed E-state index contributed by atoms with van der Waals surface area (Å²) >= 11 is 0. The minimum Gasteiger partial charge on any atom is -0.459 e. The van der Waals surface area contributed by atoms with Gasteiger partial charge in [-0.15, -0.1) is 0 Å². The highest BCUT2D eigenvalue weighted by molar-refractivity contribution is 6.74. The normalized spacial score (nSPS) is 18.2. The number of hydrogen-bond donors (Lipinski definition) is 1. The Labute approximate surface area is 241 Å². The van der Waals surface area contributed by atoms with Crippen LogP contribution in [-0.2, 0) is 34.8 Å². The number of amides is 1. The first-order valence-corrected chi connectivity index (χ1v) is 16.9. The van der Waals surface area contributed by atoms with Gasteiger partial charge in [0, 0.05) is 13.1 Å². The summed E-state index contributed by atoms with van der Waals surface area (Å²) in [6.07, 6.45) is -0.896. The molecule has 0 aliphatic carbocycles. The van der Waals surface area contributed by atoms with E-state index in [9.17, 15) is 14.4 Å². The van der Waals surface area contributed by atoms with E-state index < -0.39 is 49.8 Å². The van der Waals surface area contributed by atoms with Crippen LogP contribution in [0.1, 0.15) is 74.3 Å². The molecule has 2 rings (SSSR count). The number of nitrogens with zero attached hydrogens (tertiary/aromatic N) is 1. The Morgan fingerprint density at radius 2 is 1.52 bits per heavy atom. The highest BCUT2D eigenvalue weighted by atomic mass is 28.4. The summed E-state index contributed by atoms with van der Waals surface area (Å²) < 4.78 is 23.6. The zero-order valence-electron chi connectivity index (χ0n) is 26.3. The maximum atomic E-state index is 13.6. The van der Waals surface area contributed by atoms with Gasteiger partial charge in [-0.05, 0) is 71.7 Å². The molecule has 1 aliphatic heterocycles. The van der Waals surface area contributed by atoms with Gasteiger partial charge in [0.1, 0.15) is 23.9 Å². The zero-order chi connectivity index (χ0) is 30.5. The van der Waals surface area contributed by atoms with Gasteiger partial charge in [-0.1, -0.05) is 51.1 Å². The van der Waals surface area contributed by atoms with Crippen molar-refractivity contribution in [3.8, 4) is 0 Å². The molecule has 3 atom stereocenters. The molecule has 10 heteroatoms. The summed E-state index contributed by atoms with van der Waals surface area (Å²) in [7, 11) is -2.44. The Morgan fingerprint density at radius 3 is 2.00 bits per heavy atom. The number of esters is 2. The van der Waals surface area contributed by atoms with Crippen LogP contribution >= 0.6 is 0 Å². The van der Waals surface area contributed by atoms with E-state index in [0.29, 0.717) is 13.0 Å². The van der Waals surface area contributed by atoms with Crippen LogP contribution in [-0.4, -0.2) is 73.7 Å². The van der Waals surface area contributed by atoms with E-state index in [-0.39, 0.29) is 24.2 Å². The third kappa shape index (κ3) is 10.5. The molecule has 40 heavy (non-hydrogen) atoms. The monoisotopic (exact) mass is 578 g/mol. The minimum absolute atomic E-state index is 0.0499. The second kappa shape index (κ2) is 13.0. The van der Waals surface area contributed by atoms with E-state index in [0.717, 1.165) is 5.56 Å². The SMILES string of the molecule is CC(C)(C)OC(=O)[C@@H](NC(=O)OCc1ccccc1)C(CN1CC[C@H]1C(=O)OC(C)(C)C)O[Si](C)(C)C(C)(C)C. The van der Waals surface area contributed by atoms with Crippen LogP contribution in [0.2, 0.25) is 18.1 Å². The van der Waals surface area contributed by atoms with Crippen molar-refractivity contribution < 1.29 is 33.0 Å². The van der Waals surface area contributed by atoms with Crippen LogP contribution in [0.5, 0.6) is 0 Å². The van der Waals surface area contributed by atoms with Crippen molar-refractivity contribution in [1.29, 1.82) is 0 Å². The fraction of sp³-hybridized carbons (Fsp3) is 0.700. The molecule has 1 saturated heterocycles. The summed E-state index contributed by atoms with van der Waals surface area (Å²) in [4.78, 5) is 41.4. The quantitative estimate of drug-likeness (QED) is 0.223. The lowest BCUT2D eigenvalue weighted by atomic mass is 10.00. The molecule has 0 aromatic heterocycles. The Kier molecular flexibility index (Phi) is 11.0. The number of hydrogen-bond acceptors (Lipinski definition) is 8. The van der Waals surface area contributed by atoms with Crippen LogP contribution < -0.4 is 5.32 Å². The van der Waals surface area contributed by atoms with Crippen molar-refractivity contribution in [3.63, 3.8) is 0 Å². The minimum atomic E-state index is -2.44. The summed E-state index contributed by atoms with van der Waals surface area (Å²) in [5.41, 5.74) is -0.581. The molecule has 226 valence electrons. The van der Waals surface area contributed by atoms with E-state index in [1.165, 1.54) is 0 Å². The highest BCUT2D eigenvalue weighted by Gasteiger charge is 2.47. The summed E-state index contributed by atoms with van der Waals surface area (Å²) in [6, 6.07) is 7.69. The van der Waals surface area contributed by atoms with E-state index in [1.54, 1.807) is 20.8 Å². The number of carbonyl (C=O) groups is 3. The number of rotatable bonds is 10. The molecule has 1 N–H and O–H groups in total. The molecule has 0 spiro atoms. The molecular weight excluding hydrogens is 528 g/mol. The average Bonchev–Trinajstić information content (AvgIpc) is 2.75. The van der Waals surface area contributed by atoms with Gasteiger partial charge < -0.3 is 24.0 Å². The van der Waals surface area contributed by atoms with Gasteiger partial charge in [0.25, 0.3) is 0 Å². The molecular formula is C30H50N2O7Si. The maximum absolute atomic E-state index is 13.6. The van der Waals surface area contributed by atoms with Crippen LogP contribution in [0, 0.1) is 0 Å². The number of ether oxygens (including phenoxy) is 3. The molecule has 1 aromatic carbocycles. The number of nitrogens with one attached hydrogen (secondary N) is 1. The first-order valence-electron chi connectivity index (χ1n) is 14.0. The molecule has 1 fully saturated rings. The van der Waals surface area contributed by atoms with E-state index in [2.05, 4.69) is 39.2 Å². The molecule has 1 amide bonds. The molecule has 0 saturated carbocycles. The Balaban J connectivity index is 2.35. The third-order valence-corrected chi connectivity index (χ3v) is 11.5. The van der Waals surface area contributed by atoms with Gasteiger partial charge in [0.2, 0.25) is 0 Å². The van der Waals surface area contributed by atoms with Crippen molar-refractivity contribution in [1.82, 2.24) is 10.2 Å². The number of likely N-dealkylation sites (tertiary alicyclic amines) is 1. The predicted octanol–water partition coefficient (Wildman–Crippen LogP) is 5.43. The maximum Gasteiger partial charge on any atom is 0.408 e. The molecule has 1 aliphatic rings. The summed E-state index contributed by atoms with van der Waals surface area (Å²) in [6.45, 7) is 22.2. The van der Waals surface area contributed by atoms with Gasteiger partial charge in [0.15, 0.2) is 14.4 Å². The van der Waals surface area contributed by atoms with E-state index >= 15 is 0 Å². The number of carbonyl (C=O) groups excluding carboxylic acids is 3. The Morgan fingerprint density at radius 1 is 0.950 bits per heavy atom. The van der Waals surface area contributed by atoms with Crippen LogP contribution in [0.4, 0.5) is 4.79 Å². The predicted molar refractivity (Wildman–Crippen MR) is 157 cm³/mol. The van der Waals surface area contributed by atoms with E-state index in [4.69, 9.17) is 18.6 Å². The smallest absolute Gasteiger partial charge is 0.408 e. The van der Waals surface area contributed by atoms with Gasteiger partial charge >= 0.3 is 18.0 Å². The van der Waals surface area contributed by atoms with Gasteiger partial charge in [-0.2, -0.15) is 0 Å². The van der Waals surface area contributed by atoms with Crippen molar-refractivity contribution in [2.45, 2.75) is 123 Å². The lowest BCUT2D eigenvalue weighted by molar-refractivity contribution is -0.168. The topological polar surface area (TPSA) is 103 Å². The van der Waals surface area contributed by atoms with Crippen molar-refractivity contribution in [2.24, 2.45) is 0 Å². The third-order valence-electron chi connectivity index (χ3n) is 6.99. The highest BCUT2D eigenvalue weighted by Crippen LogP contribution is 2.38. The first kappa shape index (κ1) is 33.8. The van der Waals surface area contributed by atoms with Gasteiger partial charge in [0.05, 0.1) is 6.10 Å². The zero-order valence-corrected chi connectivity index (χ0v) is 27.3. The van der Waals surface area contributed by atoms with Crippen molar-refractivity contribution in [2.75, 3.05) is 13.1 Å². The molecule has 9 nitrogen and oxygen atoms in total. The molecule has 1 unspecified atom stereocenters. The second-order valence-electron chi connectivity index (χ2n) is 14.0. The second-order valence-corrected chi connectivity index (χ2v) is 18.7. The molecule has 0 bridgehead atoms. The molecule has 0 radical (unpaired) electrons. The van der Waals surface area contributed by atoms with Crippen LogP contribution in [0.15, 0.2) is 30.3 Å². The van der Waals surface area contributed by atoms with Crippen molar-refractivity contribution in [3.05, 3.63) is 35.9 Å². The fourth-order valence-corrected chi connectivity index (χ4v) is 5.17. The first-order chi connectivity index (χ1) is 18.2. The fourth-order valence-electron chi connectivity index (χ4n) is 3.85. The van der Waals surface area contributed by atoms with E-state index in [1.807, 2.05) is 56.0 Å².